The Morgan fingerprint density at radius 1 is 1.22 bits per heavy atom. The van der Waals surface area contributed by atoms with Gasteiger partial charge < -0.3 is 0 Å². The second-order valence-electron chi connectivity index (χ2n) is 5.47. The SMILES string of the molecule is O=c1cc(CSc2nn(-c3ccc(Cl)cc3)c(=S)s2)nc2ccc(Br)cn12. The topological polar surface area (TPSA) is 52.2 Å². The molecular formula is C17H10BrClN4OS3. The van der Waals surface area contributed by atoms with E-state index in [9.17, 15) is 4.79 Å². The van der Waals surface area contributed by atoms with E-state index in [2.05, 4.69) is 26.0 Å². The second kappa shape index (κ2) is 7.84. The number of fused-ring (bicyclic) bond motifs is 1. The summed E-state index contributed by atoms with van der Waals surface area (Å²) in [6, 6.07) is 12.6. The molecule has 0 saturated carbocycles. The number of hydrogen-bond donors (Lipinski definition) is 0. The lowest BCUT2D eigenvalue weighted by Gasteiger charge is -2.03. The van der Waals surface area contributed by atoms with Gasteiger partial charge in [-0.25, -0.2) is 9.67 Å². The fourth-order valence-electron chi connectivity index (χ4n) is 2.40. The van der Waals surface area contributed by atoms with Gasteiger partial charge >= 0.3 is 0 Å². The van der Waals surface area contributed by atoms with Crippen molar-refractivity contribution < 1.29 is 0 Å². The Morgan fingerprint density at radius 3 is 2.78 bits per heavy atom. The summed E-state index contributed by atoms with van der Waals surface area (Å²) in [7, 11) is 0. The second-order valence-corrected chi connectivity index (χ2v) is 9.67. The van der Waals surface area contributed by atoms with Crippen LogP contribution in [0.1, 0.15) is 5.69 Å². The van der Waals surface area contributed by atoms with Crippen molar-refractivity contribution in [2.75, 3.05) is 0 Å². The predicted octanol–water partition coefficient (Wildman–Crippen LogP) is 5.38. The number of halogens is 2. The summed E-state index contributed by atoms with van der Waals surface area (Å²) in [6.45, 7) is 0. The monoisotopic (exact) mass is 496 g/mol. The minimum absolute atomic E-state index is 0.115. The van der Waals surface area contributed by atoms with Crippen LogP contribution in [0.2, 0.25) is 5.02 Å². The van der Waals surface area contributed by atoms with Crippen molar-refractivity contribution in [3.05, 3.63) is 78.2 Å². The number of rotatable bonds is 4. The zero-order chi connectivity index (χ0) is 19.0. The van der Waals surface area contributed by atoms with Crippen LogP contribution in [0.4, 0.5) is 0 Å². The molecule has 1 aromatic carbocycles. The molecule has 10 heteroatoms. The number of aromatic nitrogens is 4. The van der Waals surface area contributed by atoms with Gasteiger partial charge in [0.05, 0.1) is 11.4 Å². The van der Waals surface area contributed by atoms with Crippen LogP contribution < -0.4 is 5.56 Å². The molecule has 0 aliphatic heterocycles. The van der Waals surface area contributed by atoms with E-state index in [0.29, 0.717) is 26.1 Å². The van der Waals surface area contributed by atoms with E-state index in [1.54, 1.807) is 35.1 Å². The van der Waals surface area contributed by atoms with Crippen LogP contribution in [0.15, 0.2) is 62.3 Å². The van der Waals surface area contributed by atoms with Gasteiger partial charge in [0.2, 0.25) is 0 Å². The lowest BCUT2D eigenvalue weighted by atomic mass is 10.3. The quantitative estimate of drug-likeness (QED) is 0.280. The van der Waals surface area contributed by atoms with Crippen LogP contribution in [-0.2, 0) is 5.75 Å². The third-order valence-electron chi connectivity index (χ3n) is 3.62. The maximum atomic E-state index is 12.3. The van der Waals surface area contributed by atoms with Crippen LogP contribution in [-0.4, -0.2) is 19.2 Å². The Morgan fingerprint density at radius 2 is 2.00 bits per heavy atom. The third kappa shape index (κ3) is 4.17. The zero-order valence-electron chi connectivity index (χ0n) is 13.5. The van der Waals surface area contributed by atoms with Gasteiger partial charge in [0.1, 0.15) is 5.65 Å². The molecule has 0 spiro atoms. The van der Waals surface area contributed by atoms with Gasteiger partial charge in [-0.3, -0.25) is 9.20 Å². The molecule has 0 amide bonds. The van der Waals surface area contributed by atoms with Crippen molar-refractivity contribution in [1.29, 1.82) is 0 Å². The Labute approximate surface area is 180 Å². The smallest absolute Gasteiger partial charge is 0.258 e. The number of thioether (sulfide) groups is 1. The molecule has 0 atom stereocenters. The number of benzene rings is 1. The first-order chi connectivity index (χ1) is 13.0. The van der Waals surface area contributed by atoms with E-state index < -0.39 is 0 Å². The molecule has 3 heterocycles. The van der Waals surface area contributed by atoms with E-state index in [0.717, 1.165) is 14.5 Å². The Balaban J connectivity index is 1.57. The number of pyridine rings is 1. The first-order valence-corrected chi connectivity index (χ1v) is 11.0. The molecule has 27 heavy (non-hydrogen) atoms. The van der Waals surface area contributed by atoms with Gasteiger partial charge in [0.25, 0.3) is 5.56 Å². The van der Waals surface area contributed by atoms with E-state index in [1.807, 2.05) is 18.2 Å². The van der Waals surface area contributed by atoms with E-state index >= 15 is 0 Å². The minimum Gasteiger partial charge on any atom is -0.269 e. The molecule has 0 aliphatic rings. The molecule has 4 aromatic rings. The highest BCUT2D eigenvalue weighted by Crippen LogP contribution is 2.27. The van der Waals surface area contributed by atoms with Crippen LogP contribution in [0.25, 0.3) is 11.3 Å². The molecule has 0 aliphatic carbocycles. The molecule has 3 aromatic heterocycles. The third-order valence-corrected chi connectivity index (χ3v) is 6.74. The highest BCUT2D eigenvalue weighted by Gasteiger charge is 2.09. The molecule has 0 bridgehead atoms. The first kappa shape index (κ1) is 18.8. The van der Waals surface area contributed by atoms with Gasteiger partial charge in [-0.15, -0.1) is 5.10 Å². The predicted molar refractivity (Wildman–Crippen MR) is 116 cm³/mol. The molecule has 0 radical (unpaired) electrons. The standard InChI is InChI=1S/C17H10BrClN4OS3/c18-10-1-6-14-20-12(7-15(24)22(14)8-10)9-26-16-21-23(17(25)27-16)13-4-2-11(19)3-5-13/h1-8H,9H2. The Hall–Kier alpha value is -1.52. The summed E-state index contributed by atoms with van der Waals surface area (Å²) >= 11 is 17.6. The largest absolute Gasteiger partial charge is 0.269 e. The lowest BCUT2D eigenvalue weighted by Crippen LogP contribution is -2.15. The van der Waals surface area contributed by atoms with Gasteiger partial charge in [-0.05, 0) is 64.5 Å². The maximum absolute atomic E-state index is 12.3. The van der Waals surface area contributed by atoms with Crippen LogP contribution >= 0.6 is 62.8 Å². The molecular weight excluding hydrogens is 488 g/mol. The highest BCUT2D eigenvalue weighted by molar-refractivity contribution is 9.10. The van der Waals surface area contributed by atoms with Crippen molar-refractivity contribution >= 4 is 68.5 Å². The van der Waals surface area contributed by atoms with Gasteiger partial charge in [0.15, 0.2) is 8.29 Å². The Kier molecular flexibility index (Phi) is 5.47. The van der Waals surface area contributed by atoms with Crippen LogP contribution in [0.5, 0.6) is 0 Å². The fourth-order valence-corrected chi connectivity index (χ4v) is 5.12. The Bertz CT molecular complexity index is 1250. The van der Waals surface area contributed by atoms with Gasteiger partial charge in [-0.1, -0.05) is 34.7 Å². The van der Waals surface area contributed by atoms with Crippen molar-refractivity contribution in [3.63, 3.8) is 0 Å². The average Bonchev–Trinajstić information content (AvgIpc) is 3.02. The molecule has 136 valence electrons. The molecule has 0 saturated heterocycles. The highest BCUT2D eigenvalue weighted by atomic mass is 79.9. The van der Waals surface area contributed by atoms with Crippen LogP contribution in [0.3, 0.4) is 0 Å². The van der Waals surface area contributed by atoms with E-state index in [4.69, 9.17) is 23.8 Å². The number of hydrogen-bond acceptors (Lipinski definition) is 6. The summed E-state index contributed by atoms with van der Waals surface area (Å²) in [4.78, 5) is 16.8. The zero-order valence-corrected chi connectivity index (χ0v) is 18.3. The number of nitrogens with zero attached hydrogens (tertiary/aromatic N) is 4. The first-order valence-electron chi connectivity index (χ1n) is 7.66. The van der Waals surface area contributed by atoms with Gasteiger partial charge in [0, 0.05) is 27.5 Å². The molecule has 4 rings (SSSR count). The summed E-state index contributed by atoms with van der Waals surface area (Å²) in [5, 5.41) is 5.22. The summed E-state index contributed by atoms with van der Waals surface area (Å²) in [5.41, 5.74) is 2.06. The summed E-state index contributed by atoms with van der Waals surface area (Å²) < 4.78 is 5.51. The molecule has 0 unspecified atom stereocenters. The molecule has 0 fully saturated rings. The van der Waals surface area contributed by atoms with E-state index in [1.165, 1.54) is 27.5 Å². The minimum atomic E-state index is -0.115. The van der Waals surface area contributed by atoms with Crippen LogP contribution in [0, 0.1) is 3.95 Å². The molecule has 5 nitrogen and oxygen atoms in total. The maximum Gasteiger partial charge on any atom is 0.258 e. The normalized spacial score (nSPS) is 11.2. The van der Waals surface area contributed by atoms with Crippen molar-refractivity contribution in [2.24, 2.45) is 0 Å². The van der Waals surface area contributed by atoms with Crippen molar-refractivity contribution in [3.8, 4) is 5.69 Å². The van der Waals surface area contributed by atoms with Crippen molar-refractivity contribution in [2.45, 2.75) is 10.1 Å². The van der Waals surface area contributed by atoms with Gasteiger partial charge in [-0.2, -0.15) is 0 Å². The summed E-state index contributed by atoms with van der Waals surface area (Å²) in [5.74, 6) is 0.532. The average molecular weight is 498 g/mol. The fraction of sp³-hybridized carbons (Fsp3) is 0.0588. The van der Waals surface area contributed by atoms with E-state index in [-0.39, 0.29) is 5.56 Å². The summed E-state index contributed by atoms with van der Waals surface area (Å²) in [6.07, 6.45) is 1.71. The van der Waals surface area contributed by atoms with Crippen molar-refractivity contribution in [1.82, 2.24) is 19.2 Å². The lowest BCUT2D eigenvalue weighted by molar-refractivity contribution is 0.829. The molecule has 0 N–H and O–H groups in total.